The van der Waals surface area contributed by atoms with E-state index >= 15 is 0 Å². The van der Waals surface area contributed by atoms with Crippen molar-refractivity contribution in [1.29, 1.82) is 0 Å². The van der Waals surface area contributed by atoms with Crippen molar-refractivity contribution < 1.29 is 4.57 Å². The molecule has 3 nitrogen and oxygen atoms in total. The molecule has 0 amide bonds. The van der Waals surface area contributed by atoms with Crippen molar-refractivity contribution in [2.45, 2.75) is 31.2 Å². The summed E-state index contributed by atoms with van der Waals surface area (Å²) in [5.74, 6) is 0.328. The van der Waals surface area contributed by atoms with Crippen LogP contribution >= 0.6 is 0 Å². The van der Waals surface area contributed by atoms with E-state index in [9.17, 15) is 0 Å². The van der Waals surface area contributed by atoms with Crippen LogP contribution in [0.4, 0.5) is 5.69 Å². The molecule has 9 rings (SSSR count). The van der Waals surface area contributed by atoms with Crippen molar-refractivity contribution in [2.75, 3.05) is 13.1 Å². The van der Waals surface area contributed by atoms with Crippen LogP contribution in [0.25, 0.3) is 39.6 Å². The molecular weight excluding hydrogens is 631 g/mol. The fraction of sp³-hybridized carbons (Fsp3) is 0.163. The molecule has 4 bridgehead atoms. The molecule has 0 saturated heterocycles. The summed E-state index contributed by atoms with van der Waals surface area (Å²) in [4.78, 5) is 0. The lowest BCUT2D eigenvalue weighted by Gasteiger charge is -2.49. The second-order valence-corrected chi connectivity index (χ2v) is 15.1. The van der Waals surface area contributed by atoms with E-state index in [0.717, 1.165) is 41.6 Å². The van der Waals surface area contributed by atoms with Crippen molar-refractivity contribution in [2.24, 2.45) is 11.7 Å². The SMILES string of the molecule is C=C/C=C(\C=C)c1ccc(-c2cc[n+]3c(c2)C2=CC=C4CC2C(C=C3)[N+]2(CCc3ccc5c(c3)C(C)(C=C5/C=C\C=C/N)C2)c2ccccc24)cc1. The number of hydrogen-bond acceptors (Lipinski definition) is 1. The number of allylic oxidation sites excluding steroid dienone is 11. The highest BCUT2D eigenvalue weighted by Crippen LogP contribution is 2.54. The fourth-order valence-corrected chi connectivity index (χ4v) is 9.86. The van der Waals surface area contributed by atoms with Gasteiger partial charge in [0, 0.05) is 35.8 Å². The van der Waals surface area contributed by atoms with E-state index in [1.165, 1.54) is 61.5 Å². The Morgan fingerprint density at radius 1 is 0.942 bits per heavy atom. The number of fused-ring (bicyclic) bond motifs is 8. The highest BCUT2D eigenvalue weighted by Gasteiger charge is 2.54. The fourth-order valence-electron chi connectivity index (χ4n) is 9.86. The Morgan fingerprint density at radius 3 is 2.63 bits per heavy atom. The van der Waals surface area contributed by atoms with Crippen molar-refractivity contribution in [3.8, 4) is 11.1 Å². The van der Waals surface area contributed by atoms with E-state index < -0.39 is 0 Å². The molecule has 5 aliphatic rings. The minimum atomic E-state index is -0.145. The third kappa shape index (κ3) is 5.03. The number of quaternary nitrogens is 1. The largest absolute Gasteiger partial charge is 0.405 e. The van der Waals surface area contributed by atoms with Crippen LogP contribution in [0.1, 0.15) is 46.9 Å². The topological polar surface area (TPSA) is 29.9 Å². The third-order valence-electron chi connectivity index (χ3n) is 12.2. The van der Waals surface area contributed by atoms with Gasteiger partial charge < -0.3 is 5.73 Å². The van der Waals surface area contributed by atoms with Crippen molar-refractivity contribution in [1.82, 2.24) is 4.48 Å². The number of hydrogen-bond donors (Lipinski definition) is 1. The Balaban J connectivity index is 1.18. The van der Waals surface area contributed by atoms with Crippen molar-refractivity contribution in [3.63, 3.8) is 0 Å². The van der Waals surface area contributed by atoms with Gasteiger partial charge in [0.15, 0.2) is 12.4 Å². The second kappa shape index (κ2) is 12.5. The van der Waals surface area contributed by atoms with Crippen LogP contribution < -0.4 is 14.8 Å². The zero-order valence-corrected chi connectivity index (χ0v) is 29.9. The lowest BCUT2D eigenvalue weighted by atomic mass is 9.77. The molecule has 4 unspecified atom stereocenters. The molecule has 4 atom stereocenters. The third-order valence-corrected chi connectivity index (χ3v) is 12.2. The van der Waals surface area contributed by atoms with E-state index in [4.69, 9.17) is 5.73 Å². The van der Waals surface area contributed by atoms with E-state index in [0.29, 0.717) is 5.92 Å². The van der Waals surface area contributed by atoms with Crippen LogP contribution in [0, 0.1) is 5.92 Å². The van der Waals surface area contributed by atoms with Crippen molar-refractivity contribution in [3.05, 3.63) is 199 Å². The van der Waals surface area contributed by atoms with Crippen LogP contribution in [-0.4, -0.2) is 19.1 Å². The Labute approximate surface area is 308 Å². The van der Waals surface area contributed by atoms with Gasteiger partial charge in [0.1, 0.15) is 11.7 Å². The normalized spacial score (nSPS) is 25.3. The number of nitrogens with zero attached hydrogens (tertiary/aromatic N) is 2. The maximum absolute atomic E-state index is 5.71. The minimum Gasteiger partial charge on any atom is -0.405 e. The molecule has 2 N–H and O–H groups in total. The summed E-state index contributed by atoms with van der Waals surface area (Å²) < 4.78 is 3.27. The zero-order chi connectivity index (χ0) is 35.5. The number of benzene rings is 3. The van der Waals surface area contributed by atoms with Crippen molar-refractivity contribution >= 4 is 34.2 Å². The molecular formula is C49H45N3+2. The van der Waals surface area contributed by atoms with E-state index in [1.807, 2.05) is 24.3 Å². The van der Waals surface area contributed by atoms with Gasteiger partial charge in [-0.15, -0.1) is 0 Å². The summed E-state index contributed by atoms with van der Waals surface area (Å²) in [5.41, 5.74) is 22.7. The van der Waals surface area contributed by atoms with Gasteiger partial charge in [-0.05, 0) is 87.9 Å². The number of pyridine rings is 1. The molecule has 1 spiro atoms. The average Bonchev–Trinajstić information content (AvgIpc) is 3.28. The first-order chi connectivity index (χ1) is 25.4. The van der Waals surface area contributed by atoms with Gasteiger partial charge in [-0.25, -0.2) is 0 Å². The average molecular weight is 676 g/mol. The van der Waals surface area contributed by atoms with Gasteiger partial charge in [0.05, 0.1) is 24.4 Å². The van der Waals surface area contributed by atoms with E-state index in [2.05, 4.69) is 152 Å². The predicted molar refractivity (Wildman–Crippen MR) is 220 cm³/mol. The second-order valence-electron chi connectivity index (χ2n) is 15.1. The van der Waals surface area contributed by atoms with Crippen LogP contribution in [0.2, 0.25) is 0 Å². The summed E-state index contributed by atoms with van der Waals surface area (Å²) >= 11 is 0. The maximum Gasteiger partial charge on any atom is 0.214 e. The minimum absolute atomic E-state index is 0.145. The molecule has 3 heteroatoms. The summed E-state index contributed by atoms with van der Waals surface area (Å²) in [7, 11) is 0. The van der Waals surface area contributed by atoms with E-state index in [1.54, 1.807) is 6.20 Å². The molecule has 3 aromatic carbocycles. The highest BCUT2D eigenvalue weighted by molar-refractivity contribution is 5.88. The molecule has 4 aromatic rings. The van der Waals surface area contributed by atoms with Gasteiger partial charge in [-0.2, -0.15) is 4.57 Å². The summed E-state index contributed by atoms with van der Waals surface area (Å²) in [6, 6.07) is 30.3. The molecule has 0 fully saturated rings. The van der Waals surface area contributed by atoms with Crippen LogP contribution in [0.5, 0.6) is 0 Å². The Kier molecular flexibility index (Phi) is 7.71. The lowest BCUT2D eigenvalue weighted by molar-refractivity contribution is -0.570. The number of aromatic nitrogens is 1. The standard InChI is InChI=1S/C49H45N3/c1-4-10-35(5-2)36-15-17-37(18-16-36)38-22-26-51-27-23-48-44-30-39(19-21-43(44)46(51)31-38)42-12-6-7-13-47(42)52(48)28-24-34-14-20-41-40(11-8-9-25-50)32-49(3,33-52)45(41)29-34/h4-23,25-27,29,31-32,44,48H,1-2,24,28,30,33,50H2,3H3/q+2/b11-8-,25-9-,35-10+. The van der Waals surface area contributed by atoms with E-state index in [-0.39, 0.29) is 11.5 Å². The molecule has 0 saturated carbocycles. The molecule has 2 aliphatic carbocycles. The molecule has 1 aromatic heterocycles. The highest BCUT2D eigenvalue weighted by atomic mass is 15.4. The number of rotatable bonds is 6. The lowest BCUT2D eigenvalue weighted by Crippen LogP contribution is -2.64. The first kappa shape index (κ1) is 32.2. The molecule has 254 valence electrons. The molecule has 4 heterocycles. The maximum atomic E-state index is 5.71. The Hall–Kier alpha value is -5.77. The van der Waals surface area contributed by atoms with Crippen LogP contribution in [0.15, 0.2) is 165 Å². The summed E-state index contributed by atoms with van der Waals surface area (Å²) in [6.07, 6.45) is 30.1. The Morgan fingerprint density at radius 2 is 1.81 bits per heavy atom. The van der Waals surface area contributed by atoms with Gasteiger partial charge >= 0.3 is 0 Å². The first-order valence-corrected chi connectivity index (χ1v) is 18.5. The van der Waals surface area contributed by atoms with Gasteiger partial charge in [-0.1, -0.05) is 116 Å². The van der Waals surface area contributed by atoms with Crippen LogP contribution in [0.3, 0.4) is 0 Å². The monoisotopic (exact) mass is 675 g/mol. The predicted octanol–water partition coefficient (Wildman–Crippen LogP) is 10.00. The molecule has 3 aliphatic heterocycles. The number of para-hydroxylation sites is 1. The summed E-state index contributed by atoms with van der Waals surface area (Å²) in [6.45, 7) is 12.4. The van der Waals surface area contributed by atoms with Gasteiger partial charge in [0.25, 0.3) is 0 Å². The number of nitrogens with two attached hydrogens (primary N) is 1. The Bertz CT molecular complexity index is 2380. The zero-order valence-electron chi connectivity index (χ0n) is 29.9. The molecule has 52 heavy (non-hydrogen) atoms. The molecule has 0 radical (unpaired) electrons. The first-order valence-electron chi connectivity index (χ1n) is 18.5. The van der Waals surface area contributed by atoms with Crippen LogP contribution in [-0.2, 0) is 11.8 Å². The van der Waals surface area contributed by atoms with Gasteiger partial charge in [-0.3, -0.25) is 4.48 Å². The van der Waals surface area contributed by atoms with Gasteiger partial charge in [0.2, 0.25) is 5.69 Å². The quantitative estimate of drug-likeness (QED) is 0.123. The summed E-state index contributed by atoms with van der Waals surface area (Å²) in [5, 5.41) is 0. The smallest absolute Gasteiger partial charge is 0.214 e.